The van der Waals surface area contributed by atoms with Crippen molar-refractivity contribution >= 4 is 5.91 Å². The number of nitrogens with one attached hydrogen (secondary N) is 1. The van der Waals surface area contributed by atoms with Gasteiger partial charge >= 0.3 is 0 Å². The summed E-state index contributed by atoms with van der Waals surface area (Å²) in [6.07, 6.45) is 1.28. The van der Waals surface area contributed by atoms with Crippen molar-refractivity contribution in [2.24, 2.45) is 5.73 Å². The molecule has 0 aliphatic rings. The third-order valence-corrected chi connectivity index (χ3v) is 6.58. The molecule has 0 bridgehead atoms. The molecular weight excluding hydrogens is 494 g/mol. The fraction of sp³-hybridized carbons (Fsp3) is 0.387. The number of hydrogen-bond acceptors (Lipinski definition) is 7. The predicted molar refractivity (Wildman–Crippen MR) is 153 cm³/mol. The number of aliphatic hydroxyl groups is 1. The van der Waals surface area contributed by atoms with E-state index in [0.717, 1.165) is 28.2 Å². The molecule has 0 aromatic heterocycles. The summed E-state index contributed by atoms with van der Waals surface area (Å²) in [5.41, 5.74) is 7.57. The lowest BCUT2D eigenvalue weighted by Gasteiger charge is -2.36. The second-order valence-corrected chi connectivity index (χ2v) is 9.20. The number of carbonyl (C=O) groups is 1. The normalized spacial score (nSPS) is 11.4. The Labute approximate surface area is 231 Å². The lowest BCUT2D eigenvalue weighted by atomic mass is 9.80. The number of rotatable bonds is 17. The van der Waals surface area contributed by atoms with Crippen molar-refractivity contribution in [3.63, 3.8) is 0 Å². The van der Waals surface area contributed by atoms with E-state index in [9.17, 15) is 9.90 Å². The number of aliphatic hydroxyl groups excluding tert-OH is 1. The average Bonchev–Trinajstić information content (AvgIpc) is 2.99. The highest BCUT2D eigenvalue weighted by Gasteiger charge is 2.37. The van der Waals surface area contributed by atoms with Gasteiger partial charge in [0.25, 0.3) is 0 Å². The van der Waals surface area contributed by atoms with E-state index in [4.69, 9.17) is 19.9 Å². The van der Waals surface area contributed by atoms with E-state index in [-0.39, 0.29) is 19.1 Å². The Kier molecular flexibility index (Phi) is 12.2. The lowest BCUT2D eigenvalue weighted by molar-refractivity contribution is -0.122. The van der Waals surface area contributed by atoms with Crippen LogP contribution in [0.1, 0.15) is 29.5 Å². The van der Waals surface area contributed by atoms with Gasteiger partial charge in [0.2, 0.25) is 5.91 Å². The Morgan fingerprint density at radius 2 is 1.38 bits per heavy atom. The molecule has 3 aromatic rings. The highest BCUT2D eigenvalue weighted by Crippen LogP contribution is 2.41. The van der Waals surface area contributed by atoms with Gasteiger partial charge in [0.05, 0.1) is 20.8 Å². The first-order valence-corrected chi connectivity index (χ1v) is 13.4. The summed E-state index contributed by atoms with van der Waals surface area (Å²) in [6.45, 7) is 2.87. The third kappa shape index (κ3) is 8.28. The quantitative estimate of drug-likeness (QED) is 0.180. The van der Waals surface area contributed by atoms with Gasteiger partial charge in [-0.25, -0.2) is 0 Å². The van der Waals surface area contributed by atoms with E-state index >= 15 is 0 Å². The molecule has 0 aliphatic heterocycles. The maximum atomic E-state index is 12.3. The van der Waals surface area contributed by atoms with Crippen molar-refractivity contribution in [1.29, 1.82) is 0 Å². The molecule has 4 N–H and O–H groups in total. The topological polar surface area (TPSA) is 106 Å². The number of benzene rings is 3. The van der Waals surface area contributed by atoms with Gasteiger partial charge in [-0.3, -0.25) is 9.69 Å². The van der Waals surface area contributed by atoms with Gasteiger partial charge in [-0.2, -0.15) is 0 Å². The van der Waals surface area contributed by atoms with Crippen molar-refractivity contribution in [2.45, 2.75) is 18.4 Å². The summed E-state index contributed by atoms with van der Waals surface area (Å²) in [4.78, 5) is 14.3. The zero-order valence-electron chi connectivity index (χ0n) is 23.0. The molecular formula is C31H41N3O5. The molecule has 210 valence electrons. The van der Waals surface area contributed by atoms with Crippen LogP contribution in [0.15, 0.2) is 78.9 Å². The van der Waals surface area contributed by atoms with Crippen molar-refractivity contribution in [3.05, 3.63) is 95.6 Å². The molecule has 0 unspecified atom stereocenters. The van der Waals surface area contributed by atoms with Crippen LogP contribution in [-0.2, 0) is 15.1 Å². The number of nitrogens with zero attached hydrogens (tertiary/aromatic N) is 1. The summed E-state index contributed by atoms with van der Waals surface area (Å²) in [5.74, 6) is 1.46. The third-order valence-electron chi connectivity index (χ3n) is 6.58. The standard InChI is InChI=1S/C31H41N3O5/c1-37-28-14-10-26(11-15-28)31(25-8-4-3-5-9-25,27-12-16-29(38-2)17-13-27)39-23-7-21-34(20-6-22-35)24-30(36)33-19-18-32/h3-5,8-17,35H,6-7,18-24,32H2,1-2H3,(H,33,36). The van der Waals surface area contributed by atoms with Gasteiger partial charge in [0, 0.05) is 39.4 Å². The Hall–Kier alpha value is -3.43. The molecule has 8 heteroatoms. The predicted octanol–water partition coefficient (Wildman–Crippen LogP) is 3.16. The molecule has 0 saturated heterocycles. The average molecular weight is 536 g/mol. The molecule has 0 saturated carbocycles. The fourth-order valence-electron chi connectivity index (χ4n) is 4.62. The minimum atomic E-state index is -0.881. The summed E-state index contributed by atoms with van der Waals surface area (Å²) in [5, 5.41) is 12.2. The number of methoxy groups -OCH3 is 2. The lowest BCUT2D eigenvalue weighted by Crippen LogP contribution is -2.40. The second kappa shape index (κ2) is 15.9. The van der Waals surface area contributed by atoms with Crippen LogP contribution in [0.25, 0.3) is 0 Å². The van der Waals surface area contributed by atoms with Gasteiger partial charge in [-0.05, 0) is 53.8 Å². The maximum absolute atomic E-state index is 12.3. The van der Waals surface area contributed by atoms with Gasteiger partial charge in [-0.15, -0.1) is 0 Å². The SMILES string of the molecule is COc1ccc(C(OCCCN(CCCO)CC(=O)NCCN)(c2ccccc2)c2ccc(OC)cc2)cc1. The Bertz CT molecular complexity index is 1060. The van der Waals surface area contributed by atoms with Crippen molar-refractivity contribution < 1.29 is 24.1 Å². The van der Waals surface area contributed by atoms with Crippen molar-refractivity contribution in [1.82, 2.24) is 10.2 Å². The molecule has 0 atom stereocenters. The minimum Gasteiger partial charge on any atom is -0.497 e. The molecule has 3 aromatic carbocycles. The van der Waals surface area contributed by atoms with Crippen LogP contribution in [0, 0.1) is 0 Å². The van der Waals surface area contributed by atoms with Crippen molar-refractivity contribution in [2.75, 3.05) is 60.2 Å². The Morgan fingerprint density at radius 1 is 0.846 bits per heavy atom. The van der Waals surface area contributed by atoms with Gasteiger partial charge in [0.15, 0.2) is 0 Å². The van der Waals surface area contributed by atoms with E-state index in [1.165, 1.54) is 0 Å². The summed E-state index contributed by atoms with van der Waals surface area (Å²) < 4.78 is 17.7. The van der Waals surface area contributed by atoms with Crippen LogP contribution in [0.3, 0.4) is 0 Å². The van der Waals surface area contributed by atoms with E-state index in [1.807, 2.05) is 71.6 Å². The first-order valence-electron chi connectivity index (χ1n) is 13.4. The molecule has 0 fully saturated rings. The van der Waals surface area contributed by atoms with Crippen LogP contribution in [0.4, 0.5) is 0 Å². The molecule has 0 heterocycles. The summed E-state index contributed by atoms with van der Waals surface area (Å²) >= 11 is 0. The molecule has 0 spiro atoms. The highest BCUT2D eigenvalue weighted by atomic mass is 16.5. The van der Waals surface area contributed by atoms with Crippen molar-refractivity contribution in [3.8, 4) is 11.5 Å². The van der Waals surface area contributed by atoms with Gasteiger partial charge < -0.3 is 30.4 Å². The van der Waals surface area contributed by atoms with Gasteiger partial charge in [0.1, 0.15) is 17.1 Å². The van der Waals surface area contributed by atoms with Crippen LogP contribution >= 0.6 is 0 Å². The number of nitrogens with two attached hydrogens (primary N) is 1. The second-order valence-electron chi connectivity index (χ2n) is 9.20. The zero-order valence-corrected chi connectivity index (χ0v) is 23.0. The number of carbonyl (C=O) groups excluding carboxylic acids is 1. The molecule has 39 heavy (non-hydrogen) atoms. The fourth-order valence-corrected chi connectivity index (χ4v) is 4.62. The zero-order chi connectivity index (χ0) is 27.9. The number of ether oxygens (including phenoxy) is 3. The highest BCUT2D eigenvalue weighted by molar-refractivity contribution is 5.78. The van der Waals surface area contributed by atoms with Crippen LogP contribution in [0.2, 0.25) is 0 Å². The molecule has 8 nitrogen and oxygen atoms in total. The molecule has 3 rings (SSSR count). The summed E-state index contributed by atoms with van der Waals surface area (Å²) in [6, 6.07) is 26.1. The number of amides is 1. The molecule has 0 aliphatic carbocycles. The van der Waals surface area contributed by atoms with Crippen LogP contribution in [-0.4, -0.2) is 76.1 Å². The van der Waals surface area contributed by atoms with E-state index in [2.05, 4.69) is 17.4 Å². The smallest absolute Gasteiger partial charge is 0.234 e. The van der Waals surface area contributed by atoms with E-state index in [0.29, 0.717) is 45.6 Å². The Morgan fingerprint density at radius 3 is 1.90 bits per heavy atom. The Balaban J connectivity index is 1.89. The molecule has 0 radical (unpaired) electrons. The first kappa shape index (κ1) is 30.1. The largest absolute Gasteiger partial charge is 0.497 e. The van der Waals surface area contributed by atoms with Gasteiger partial charge in [-0.1, -0.05) is 54.6 Å². The number of hydrogen-bond donors (Lipinski definition) is 3. The maximum Gasteiger partial charge on any atom is 0.234 e. The van der Waals surface area contributed by atoms with Crippen LogP contribution < -0.4 is 20.5 Å². The summed E-state index contributed by atoms with van der Waals surface area (Å²) in [7, 11) is 3.30. The van der Waals surface area contributed by atoms with E-state index in [1.54, 1.807) is 14.2 Å². The van der Waals surface area contributed by atoms with Crippen LogP contribution in [0.5, 0.6) is 11.5 Å². The van der Waals surface area contributed by atoms with E-state index < -0.39 is 5.60 Å². The first-order chi connectivity index (χ1) is 19.1. The monoisotopic (exact) mass is 535 g/mol. The minimum absolute atomic E-state index is 0.0729. The molecule has 1 amide bonds.